The van der Waals surface area contributed by atoms with Crippen molar-refractivity contribution in [1.29, 1.82) is 0 Å². The number of anilines is 2. The number of ether oxygens (including phenoxy) is 2. The van der Waals surface area contributed by atoms with Crippen molar-refractivity contribution in [3.63, 3.8) is 0 Å². The second kappa shape index (κ2) is 11.2. The lowest BCUT2D eigenvalue weighted by Gasteiger charge is -2.15. The van der Waals surface area contributed by atoms with E-state index in [1.807, 2.05) is 6.07 Å². The van der Waals surface area contributed by atoms with Crippen molar-refractivity contribution in [2.75, 3.05) is 24.9 Å². The van der Waals surface area contributed by atoms with Crippen LogP contribution in [0.2, 0.25) is 0 Å². The normalized spacial score (nSPS) is 11.3. The SMILES string of the molecule is COc1cccc(OC)c1C(=O)Nc1cccc(SC(C)C(=O)Nc2ccccc2C(N)=O)c1. The number of hydrogen-bond donors (Lipinski definition) is 3. The first-order valence-corrected chi connectivity index (χ1v) is 11.2. The van der Waals surface area contributed by atoms with Gasteiger partial charge in [0.15, 0.2) is 0 Å². The monoisotopic (exact) mass is 479 g/mol. The molecular formula is C25H25N3O5S. The van der Waals surface area contributed by atoms with Crippen LogP contribution in [0.3, 0.4) is 0 Å². The zero-order valence-electron chi connectivity index (χ0n) is 19.0. The molecular weight excluding hydrogens is 454 g/mol. The molecule has 8 nitrogen and oxygen atoms in total. The van der Waals surface area contributed by atoms with Crippen LogP contribution < -0.4 is 25.8 Å². The lowest BCUT2D eigenvalue weighted by molar-refractivity contribution is -0.115. The van der Waals surface area contributed by atoms with Gasteiger partial charge in [-0.25, -0.2) is 0 Å². The fraction of sp³-hybridized carbons (Fsp3) is 0.160. The fourth-order valence-corrected chi connectivity index (χ4v) is 4.14. The molecule has 4 N–H and O–H groups in total. The molecule has 0 saturated carbocycles. The minimum atomic E-state index is -0.619. The Labute approximate surface area is 201 Å². The van der Waals surface area contributed by atoms with Crippen molar-refractivity contribution in [2.24, 2.45) is 5.73 Å². The topological polar surface area (TPSA) is 120 Å². The number of primary amides is 1. The summed E-state index contributed by atoms with van der Waals surface area (Å²) in [6.07, 6.45) is 0. The molecule has 3 amide bonds. The first kappa shape index (κ1) is 24.7. The Hall–Kier alpha value is -3.98. The molecule has 9 heteroatoms. The number of para-hydroxylation sites is 1. The highest BCUT2D eigenvalue weighted by molar-refractivity contribution is 8.00. The van der Waals surface area contributed by atoms with Crippen LogP contribution >= 0.6 is 11.8 Å². The van der Waals surface area contributed by atoms with Crippen molar-refractivity contribution in [3.8, 4) is 11.5 Å². The highest BCUT2D eigenvalue weighted by Gasteiger charge is 2.20. The third-order valence-electron chi connectivity index (χ3n) is 4.88. The van der Waals surface area contributed by atoms with Crippen LogP contribution in [-0.4, -0.2) is 37.2 Å². The predicted molar refractivity (Wildman–Crippen MR) is 133 cm³/mol. The Bertz CT molecular complexity index is 1190. The van der Waals surface area contributed by atoms with Gasteiger partial charge < -0.3 is 25.8 Å². The van der Waals surface area contributed by atoms with Gasteiger partial charge >= 0.3 is 0 Å². The summed E-state index contributed by atoms with van der Waals surface area (Å²) in [4.78, 5) is 38.0. The van der Waals surface area contributed by atoms with Gasteiger partial charge in [-0.2, -0.15) is 0 Å². The molecule has 1 unspecified atom stereocenters. The van der Waals surface area contributed by atoms with E-state index in [0.717, 1.165) is 4.90 Å². The third-order valence-corrected chi connectivity index (χ3v) is 5.97. The number of methoxy groups -OCH3 is 2. The number of nitrogens with one attached hydrogen (secondary N) is 2. The van der Waals surface area contributed by atoms with Crippen molar-refractivity contribution in [1.82, 2.24) is 0 Å². The Balaban J connectivity index is 1.71. The highest BCUT2D eigenvalue weighted by atomic mass is 32.2. The van der Waals surface area contributed by atoms with Crippen LogP contribution in [0.1, 0.15) is 27.6 Å². The summed E-state index contributed by atoms with van der Waals surface area (Å²) in [5.41, 5.74) is 6.81. The maximum Gasteiger partial charge on any atom is 0.263 e. The minimum absolute atomic E-state index is 0.240. The maximum absolute atomic E-state index is 12.9. The fourth-order valence-electron chi connectivity index (χ4n) is 3.21. The van der Waals surface area contributed by atoms with Crippen LogP contribution in [0, 0.1) is 0 Å². The number of rotatable bonds is 9. The Morgan fingerprint density at radius 3 is 2.18 bits per heavy atom. The number of nitrogens with two attached hydrogens (primary N) is 1. The summed E-state index contributed by atoms with van der Waals surface area (Å²) < 4.78 is 10.6. The van der Waals surface area contributed by atoms with Crippen LogP contribution in [0.15, 0.2) is 71.6 Å². The molecule has 0 fully saturated rings. The van der Waals surface area contributed by atoms with Gasteiger partial charge in [-0.05, 0) is 49.4 Å². The largest absolute Gasteiger partial charge is 0.496 e. The van der Waals surface area contributed by atoms with Gasteiger partial charge in [-0.1, -0.05) is 24.3 Å². The Kier molecular flexibility index (Phi) is 8.15. The second-order valence-electron chi connectivity index (χ2n) is 7.18. The van der Waals surface area contributed by atoms with Crippen LogP contribution in [-0.2, 0) is 4.79 Å². The predicted octanol–water partition coefficient (Wildman–Crippen LogP) is 4.17. The number of carbonyl (C=O) groups excluding carboxylic acids is 3. The standard InChI is InChI=1S/C25H25N3O5S/c1-15(24(30)28-19-11-5-4-10-18(19)23(26)29)34-17-9-6-8-16(14-17)27-25(31)22-20(32-2)12-7-13-21(22)33-3/h4-15H,1-3H3,(H2,26,29)(H,27,31)(H,28,30). The van der Waals surface area contributed by atoms with Gasteiger partial charge in [-0.15, -0.1) is 11.8 Å². The number of benzene rings is 3. The van der Waals surface area contributed by atoms with E-state index >= 15 is 0 Å². The average Bonchev–Trinajstić information content (AvgIpc) is 2.83. The minimum Gasteiger partial charge on any atom is -0.496 e. The number of thioether (sulfide) groups is 1. The molecule has 0 aromatic heterocycles. The molecule has 176 valence electrons. The number of hydrogen-bond acceptors (Lipinski definition) is 6. The van der Waals surface area contributed by atoms with E-state index in [1.54, 1.807) is 67.6 Å². The molecule has 0 saturated heterocycles. The molecule has 1 atom stereocenters. The molecule has 0 radical (unpaired) electrons. The zero-order valence-corrected chi connectivity index (χ0v) is 19.8. The molecule has 3 aromatic carbocycles. The molecule has 0 aliphatic carbocycles. The van der Waals surface area contributed by atoms with Gasteiger partial charge in [0.2, 0.25) is 5.91 Å². The smallest absolute Gasteiger partial charge is 0.263 e. The summed E-state index contributed by atoms with van der Waals surface area (Å²) in [6, 6.07) is 18.8. The van der Waals surface area contributed by atoms with Crippen LogP contribution in [0.4, 0.5) is 11.4 Å². The van der Waals surface area contributed by atoms with Gasteiger partial charge in [0.25, 0.3) is 11.8 Å². The van der Waals surface area contributed by atoms with Gasteiger partial charge in [0.05, 0.1) is 30.7 Å². The summed E-state index contributed by atoms with van der Waals surface area (Å²) >= 11 is 1.31. The first-order valence-electron chi connectivity index (χ1n) is 10.3. The summed E-state index contributed by atoms with van der Waals surface area (Å²) in [7, 11) is 2.97. The summed E-state index contributed by atoms with van der Waals surface area (Å²) in [5.74, 6) is -0.503. The highest BCUT2D eigenvalue weighted by Crippen LogP contribution is 2.31. The van der Waals surface area contributed by atoms with Crippen molar-refractivity contribution in [3.05, 3.63) is 77.9 Å². The van der Waals surface area contributed by atoms with E-state index in [0.29, 0.717) is 22.9 Å². The molecule has 0 aliphatic heterocycles. The van der Waals surface area contributed by atoms with Crippen molar-refractivity contribution < 1.29 is 23.9 Å². The molecule has 0 aliphatic rings. The van der Waals surface area contributed by atoms with E-state index < -0.39 is 11.2 Å². The van der Waals surface area contributed by atoms with Crippen molar-refractivity contribution in [2.45, 2.75) is 17.1 Å². The summed E-state index contributed by atoms with van der Waals surface area (Å²) in [5, 5.41) is 5.11. The molecule has 3 rings (SSSR count). The van der Waals surface area contributed by atoms with Gasteiger partial charge in [0.1, 0.15) is 17.1 Å². The van der Waals surface area contributed by atoms with E-state index in [2.05, 4.69) is 10.6 Å². The lowest BCUT2D eigenvalue weighted by atomic mass is 10.1. The van der Waals surface area contributed by atoms with Crippen molar-refractivity contribution >= 4 is 40.9 Å². The Morgan fingerprint density at radius 2 is 1.53 bits per heavy atom. The number of amides is 3. The molecule has 0 spiro atoms. The van der Waals surface area contributed by atoms with E-state index in [1.165, 1.54) is 26.0 Å². The summed E-state index contributed by atoms with van der Waals surface area (Å²) in [6.45, 7) is 1.75. The number of carbonyl (C=O) groups is 3. The average molecular weight is 480 g/mol. The maximum atomic E-state index is 12.9. The Morgan fingerprint density at radius 1 is 0.882 bits per heavy atom. The molecule has 3 aromatic rings. The van der Waals surface area contributed by atoms with E-state index in [-0.39, 0.29) is 22.9 Å². The molecule has 0 heterocycles. The quantitative estimate of drug-likeness (QED) is 0.396. The van der Waals surface area contributed by atoms with E-state index in [9.17, 15) is 14.4 Å². The van der Waals surface area contributed by atoms with Gasteiger partial charge in [-0.3, -0.25) is 14.4 Å². The van der Waals surface area contributed by atoms with E-state index in [4.69, 9.17) is 15.2 Å². The molecule has 34 heavy (non-hydrogen) atoms. The zero-order chi connectivity index (χ0) is 24.7. The first-order chi connectivity index (χ1) is 16.3. The second-order valence-corrected chi connectivity index (χ2v) is 8.59. The van der Waals surface area contributed by atoms with Crippen LogP contribution in [0.5, 0.6) is 11.5 Å². The van der Waals surface area contributed by atoms with Gasteiger partial charge in [0, 0.05) is 10.6 Å². The van der Waals surface area contributed by atoms with Crippen LogP contribution in [0.25, 0.3) is 0 Å². The lowest BCUT2D eigenvalue weighted by Crippen LogP contribution is -2.24. The third kappa shape index (κ3) is 5.87. The molecule has 0 bridgehead atoms.